The van der Waals surface area contributed by atoms with Gasteiger partial charge in [0, 0.05) is 20.3 Å². The Bertz CT molecular complexity index is 634. The molecule has 8 nitrogen and oxygen atoms in total. The van der Waals surface area contributed by atoms with Crippen molar-refractivity contribution in [3.63, 3.8) is 0 Å². The van der Waals surface area contributed by atoms with Crippen molar-refractivity contribution in [3.8, 4) is 5.75 Å². The highest BCUT2D eigenvalue weighted by molar-refractivity contribution is 6.32. The Kier molecular flexibility index (Phi) is 6.76. The number of rotatable bonds is 9. The number of halogens is 1. The number of carbonyl (C=O) groups excluding carboxylic acids is 1. The van der Waals surface area contributed by atoms with Crippen LogP contribution in [-0.4, -0.2) is 46.4 Å². The molecule has 124 valence electrons. The largest absolute Gasteiger partial charge is 0.484 e. The van der Waals surface area contributed by atoms with Crippen LogP contribution in [0, 0.1) is 0 Å². The Morgan fingerprint density at radius 3 is 3.00 bits per heavy atom. The minimum atomic E-state index is -0.174. The molecule has 23 heavy (non-hydrogen) atoms. The van der Waals surface area contributed by atoms with Gasteiger partial charge in [-0.1, -0.05) is 23.7 Å². The van der Waals surface area contributed by atoms with Gasteiger partial charge in [0.25, 0.3) is 0 Å². The molecule has 0 aliphatic carbocycles. The van der Waals surface area contributed by atoms with Gasteiger partial charge in [0.2, 0.25) is 5.91 Å². The molecule has 0 fully saturated rings. The third-order valence-corrected chi connectivity index (χ3v) is 3.25. The highest BCUT2D eigenvalue weighted by Crippen LogP contribution is 2.23. The van der Waals surface area contributed by atoms with Crippen LogP contribution in [0.5, 0.6) is 5.75 Å². The average Bonchev–Trinajstić information content (AvgIpc) is 2.98. The van der Waals surface area contributed by atoms with E-state index in [0.29, 0.717) is 29.7 Å². The molecular formula is C14H18ClN5O3. The summed E-state index contributed by atoms with van der Waals surface area (Å²) in [7, 11) is 1.62. The van der Waals surface area contributed by atoms with E-state index >= 15 is 0 Å². The summed E-state index contributed by atoms with van der Waals surface area (Å²) in [4.78, 5) is 11.8. The first kappa shape index (κ1) is 17.2. The quantitative estimate of drug-likeness (QED) is 0.687. The number of amides is 1. The van der Waals surface area contributed by atoms with Crippen molar-refractivity contribution >= 4 is 17.5 Å². The molecule has 1 heterocycles. The summed E-state index contributed by atoms with van der Waals surface area (Å²) in [6, 6.07) is 7.11. The third kappa shape index (κ3) is 5.50. The number of nitrogens with one attached hydrogen (secondary N) is 1. The number of para-hydroxylation sites is 1. The van der Waals surface area contributed by atoms with E-state index in [1.165, 1.54) is 4.68 Å². The Morgan fingerprint density at radius 1 is 1.39 bits per heavy atom. The summed E-state index contributed by atoms with van der Waals surface area (Å²) in [5.41, 5.74) is 0. The van der Waals surface area contributed by atoms with Gasteiger partial charge in [-0.25, -0.2) is 4.68 Å². The maximum Gasteiger partial charge on any atom is 0.241 e. The van der Waals surface area contributed by atoms with E-state index in [2.05, 4.69) is 20.8 Å². The van der Waals surface area contributed by atoms with Gasteiger partial charge in [-0.15, -0.1) is 5.10 Å². The molecular weight excluding hydrogens is 322 g/mol. The van der Waals surface area contributed by atoms with Crippen molar-refractivity contribution < 1.29 is 14.3 Å². The van der Waals surface area contributed by atoms with Crippen LogP contribution in [0.3, 0.4) is 0 Å². The molecule has 0 unspecified atom stereocenters. The zero-order valence-corrected chi connectivity index (χ0v) is 13.5. The topological polar surface area (TPSA) is 91.2 Å². The summed E-state index contributed by atoms with van der Waals surface area (Å²) in [6.07, 6.45) is 0.750. The van der Waals surface area contributed by atoms with Crippen molar-refractivity contribution in [2.24, 2.45) is 0 Å². The molecule has 0 aliphatic rings. The van der Waals surface area contributed by atoms with Crippen molar-refractivity contribution in [2.45, 2.75) is 19.6 Å². The summed E-state index contributed by atoms with van der Waals surface area (Å²) in [6.45, 7) is 1.29. The predicted molar refractivity (Wildman–Crippen MR) is 83.1 cm³/mol. The van der Waals surface area contributed by atoms with E-state index in [-0.39, 0.29) is 19.1 Å². The molecule has 0 bridgehead atoms. The molecule has 0 saturated carbocycles. The molecule has 2 rings (SSSR count). The van der Waals surface area contributed by atoms with E-state index in [1.807, 2.05) is 12.1 Å². The lowest BCUT2D eigenvalue weighted by Crippen LogP contribution is -2.30. The lowest BCUT2D eigenvalue weighted by atomic mass is 10.3. The standard InChI is InChI=1S/C14H18ClN5O3/c1-22-8-4-7-16-14(21)9-20-13(17-18-19-20)10-23-12-6-3-2-5-11(12)15/h2-3,5-6H,4,7-10H2,1H3,(H,16,21). The van der Waals surface area contributed by atoms with Crippen molar-refractivity contribution in [3.05, 3.63) is 35.1 Å². The van der Waals surface area contributed by atoms with Gasteiger partial charge in [-0.3, -0.25) is 4.79 Å². The first-order valence-electron chi connectivity index (χ1n) is 7.08. The number of nitrogens with zero attached hydrogens (tertiary/aromatic N) is 4. The van der Waals surface area contributed by atoms with Crippen molar-refractivity contribution in [1.29, 1.82) is 0 Å². The maximum absolute atomic E-state index is 11.8. The highest BCUT2D eigenvalue weighted by atomic mass is 35.5. The van der Waals surface area contributed by atoms with Gasteiger partial charge in [0.05, 0.1) is 5.02 Å². The van der Waals surface area contributed by atoms with E-state index in [9.17, 15) is 4.79 Å². The van der Waals surface area contributed by atoms with Crippen LogP contribution in [-0.2, 0) is 22.7 Å². The number of aromatic nitrogens is 4. The minimum Gasteiger partial charge on any atom is -0.484 e. The molecule has 2 aromatic rings. The van der Waals surface area contributed by atoms with E-state index in [4.69, 9.17) is 21.1 Å². The number of hydrogen-bond donors (Lipinski definition) is 1. The van der Waals surface area contributed by atoms with Crippen LogP contribution >= 0.6 is 11.6 Å². The van der Waals surface area contributed by atoms with Gasteiger partial charge >= 0.3 is 0 Å². The maximum atomic E-state index is 11.8. The fourth-order valence-corrected chi connectivity index (χ4v) is 1.98. The zero-order chi connectivity index (χ0) is 16.5. The number of methoxy groups -OCH3 is 1. The number of benzene rings is 1. The number of tetrazole rings is 1. The summed E-state index contributed by atoms with van der Waals surface area (Å²) in [5, 5.41) is 14.5. The summed E-state index contributed by atoms with van der Waals surface area (Å²) >= 11 is 6.01. The third-order valence-electron chi connectivity index (χ3n) is 2.94. The lowest BCUT2D eigenvalue weighted by Gasteiger charge is -2.08. The lowest BCUT2D eigenvalue weighted by molar-refractivity contribution is -0.121. The molecule has 1 aromatic heterocycles. The van der Waals surface area contributed by atoms with Gasteiger partial charge in [-0.2, -0.15) is 0 Å². The molecule has 1 aromatic carbocycles. The van der Waals surface area contributed by atoms with Gasteiger partial charge in [-0.05, 0) is 29.0 Å². The summed E-state index contributed by atoms with van der Waals surface area (Å²) < 4.78 is 11.9. The summed E-state index contributed by atoms with van der Waals surface area (Å²) in [5.74, 6) is 0.803. The highest BCUT2D eigenvalue weighted by Gasteiger charge is 2.11. The second-order valence-electron chi connectivity index (χ2n) is 4.67. The van der Waals surface area contributed by atoms with E-state index in [0.717, 1.165) is 6.42 Å². The number of hydrogen-bond acceptors (Lipinski definition) is 6. The second kappa shape index (κ2) is 9.06. The SMILES string of the molecule is COCCCNC(=O)Cn1nnnc1COc1ccccc1Cl. The fraction of sp³-hybridized carbons (Fsp3) is 0.429. The molecule has 9 heteroatoms. The average molecular weight is 340 g/mol. The Labute approximate surface area is 138 Å². The van der Waals surface area contributed by atoms with Crippen LogP contribution in [0.1, 0.15) is 12.2 Å². The first-order valence-corrected chi connectivity index (χ1v) is 7.46. The molecule has 0 aliphatic heterocycles. The first-order chi connectivity index (χ1) is 11.2. The van der Waals surface area contributed by atoms with Crippen LogP contribution < -0.4 is 10.1 Å². The Balaban J connectivity index is 1.84. The van der Waals surface area contributed by atoms with Crippen LogP contribution in [0.2, 0.25) is 5.02 Å². The van der Waals surface area contributed by atoms with E-state index < -0.39 is 0 Å². The molecule has 0 atom stereocenters. The van der Waals surface area contributed by atoms with Gasteiger partial charge < -0.3 is 14.8 Å². The zero-order valence-electron chi connectivity index (χ0n) is 12.7. The number of carbonyl (C=O) groups is 1. The monoisotopic (exact) mass is 339 g/mol. The van der Waals surface area contributed by atoms with Gasteiger partial charge in [0.1, 0.15) is 18.9 Å². The Morgan fingerprint density at radius 2 is 2.22 bits per heavy atom. The fourth-order valence-electron chi connectivity index (χ4n) is 1.79. The van der Waals surface area contributed by atoms with Gasteiger partial charge in [0.15, 0.2) is 5.82 Å². The Hall–Kier alpha value is -2.19. The molecule has 0 saturated heterocycles. The molecule has 0 radical (unpaired) electrons. The second-order valence-corrected chi connectivity index (χ2v) is 5.08. The minimum absolute atomic E-state index is 0.0290. The molecule has 1 amide bonds. The smallest absolute Gasteiger partial charge is 0.241 e. The van der Waals surface area contributed by atoms with Crippen LogP contribution in [0.25, 0.3) is 0 Å². The number of ether oxygens (including phenoxy) is 2. The van der Waals surface area contributed by atoms with Crippen LogP contribution in [0.4, 0.5) is 0 Å². The molecule has 1 N–H and O–H groups in total. The van der Waals surface area contributed by atoms with Crippen LogP contribution in [0.15, 0.2) is 24.3 Å². The molecule has 0 spiro atoms. The normalized spacial score (nSPS) is 10.5. The predicted octanol–water partition coefficient (Wildman–Crippen LogP) is 1.06. The van der Waals surface area contributed by atoms with Crippen molar-refractivity contribution in [1.82, 2.24) is 25.5 Å². The van der Waals surface area contributed by atoms with E-state index in [1.54, 1.807) is 19.2 Å². The van der Waals surface area contributed by atoms with Crippen molar-refractivity contribution in [2.75, 3.05) is 20.3 Å².